The average molecular weight is 525 g/mol. The van der Waals surface area contributed by atoms with Gasteiger partial charge < -0.3 is 24.9 Å². The van der Waals surface area contributed by atoms with Crippen LogP contribution in [0.5, 0.6) is 0 Å². The molecule has 208 valence electrons. The lowest BCUT2D eigenvalue weighted by Gasteiger charge is -2.16. The quantitative estimate of drug-likeness (QED) is 0.0815. The Hall–Kier alpha value is -0.540. The summed E-state index contributed by atoms with van der Waals surface area (Å²) < 4.78 is 25.6. The predicted octanol–water partition coefficient (Wildman–Crippen LogP) is 4.49. The van der Waals surface area contributed by atoms with Crippen LogP contribution in [0.4, 0.5) is 0 Å². The number of aliphatic hydroxyl groups excluding tert-OH is 3. The molecular formula is C25H49O9P. The van der Waals surface area contributed by atoms with Crippen molar-refractivity contribution in [3.63, 3.8) is 0 Å². The standard InChI is InChI=1S/C25H49O9P/c1-2-3-4-10-13-21-16-22(21)14-11-8-6-5-7-9-12-15-25(29)32-18-24(28)20-34-35(30,31)33-19-23(27)17-26/h21-24,26-28H,2-20H2,1H3,(H,30,31)/t21?,22?,23?,24-/m0/s1. The third-order valence-corrected chi connectivity index (χ3v) is 7.41. The largest absolute Gasteiger partial charge is 0.472 e. The van der Waals surface area contributed by atoms with E-state index in [2.05, 4.69) is 16.0 Å². The van der Waals surface area contributed by atoms with Gasteiger partial charge in [0.25, 0.3) is 0 Å². The van der Waals surface area contributed by atoms with Gasteiger partial charge in [0.2, 0.25) is 0 Å². The maximum atomic E-state index is 11.8. The van der Waals surface area contributed by atoms with Crippen LogP contribution in [-0.2, 0) is 23.1 Å². The third-order valence-electron chi connectivity index (χ3n) is 6.46. The molecule has 1 fully saturated rings. The number of carbonyl (C=O) groups excluding carboxylic acids is 1. The van der Waals surface area contributed by atoms with E-state index in [9.17, 15) is 19.4 Å². The molecule has 0 spiro atoms. The predicted molar refractivity (Wildman–Crippen MR) is 134 cm³/mol. The van der Waals surface area contributed by atoms with Crippen molar-refractivity contribution in [3.8, 4) is 0 Å². The number of hydrogen-bond donors (Lipinski definition) is 4. The summed E-state index contributed by atoms with van der Waals surface area (Å²) >= 11 is 0. The Morgan fingerprint density at radius 2 is 1.34 bits per heavy atom. The van der Waals surface area contributed by atoms with Crippen LogP contribution < -0.4 is 0 Å². The van der Waals surface area contributed by atoms with Gasteiger partial charge in [-0.1, -0.05) is 84.0 Å². The zero-order valence-corrected chi connectivity index (χ0v) is 22.4. The van der Waals surface area contributed by atoms with Crippen LogP contribution in [0.1, 0.15) is 103 Å². The zero-order valence-electron chi connectivity index (χ0n) is 21.5. The second-order valence-corrected chi connectivity index (χ2v) is 11.3. The normalized spacial score (nSPS) is 20.8. The Morgan fingerprint density at radius 1 is 0.829 bits per heavy atom. The number of carbonyl (C=O) groups is 1. The monoisotopic (exact) mass is 524 g/mol. The van der Waals surface area contributed by atoms with Gasteiger partial charge in [-0.2, -0.15) is 0 Å². The van der Waals surface area contributed by atoms with Gasteiger partial charge in [0.1, 0.15) is 18.8 Å². The molecule has 0 aliphatic heterocycles. The fourth-order valence-electron chi connectivity index (χ4n) is 4.17. The van der Waals surface area contributed by atoms with Gasteiger partial charge in [-0.25, -0.2) is 4.57 Å². The van der Waals surface area contributed by atoms with Crippen LogP contribution in [0.25, 0.3) is 0 Å². The Morgan fingerprint density at radius 3 is 1.91 bits per heavy atom. The highest BCUT2D eigenvalue weighted by Gasteiger charge is 2.35. The molecular weight excluding hydrogens is 475 g/mol. The van der Waals surface area contributed by atoms with Gasteiger partial charge in [-0.05, 0) is 24.7 Å². The molecule has 4 unspecified atom stereocenters. The highest BCUT2D eigenvalue weighted by Crippen LogP contribution is 2.46. The molecule has 0 aromatic rings. The Kier molecular flexibility index (Phi) is 18.2. The number of rotatable bonds is 24. The SMILES string of the molecule is CCCCCCC1CC1CCCCCCCCCC(=O)OC[C@H](O)COP(=O)(O)OCC(O)CO. The van der Waals surface area contributed by atoms with E-state index >= 15 is 0 Å². The summed E-state index contributed by atoms with van der Waals surface area (Å²) in [5.41, 5.74) is 0. The van der Waals surface area contributed by atoms with Gasteiger partial charge >= 0.3 is 13.8 Å². The summed E-state index contributed by atoms with van der Waals surface area (Å²) in [6, 6.07) is 0. The first kappa shape index (κ1) is 32.5. The van der Waals surface area contributed by atoms with Crippen molar-refractivity contribution in [1.29, 1.82) is 0 Å². The van der Waals surface area contributed by atoms with E-state index in [0.29, 0.717) is 0 Å². The van der Waals surface area contributed by atoms with Crippen LogP contribution in [0.15, 0.2) is 0 Å². The number of phosphoric acid groups is 1. The lowest BCUT2D eigenvalue weighted by molar-refractivity contribution is -0.147. The lowest BCUT2D eigenvalue weighted by atomic mass is 10.0. The maximum Gasteiger partial charge on any atom is 0.472 e. The second kappa shape index (κ2) is 19.6. The van der Waals surface area contributed by atoms with Crippen molar-refractivity contribution in [2.24, 2.45) is 11.8 Å². The fourth-order valence-corrected chi connectivity index (χ4v) is 4.97. The van der Waals surface area contributed by atoms with Crippen molar-refractivity contribution >= 4 is 13.8 Å². The molecule has 1 aliphatic rings. The second-order valence-electron chi connectivity index (χ2n) is 9.85. The summed E-state index contributed by atoms with van der Waals surface area (Å²) in [5.74, 6) is 1.59. The van der Waals surface area contributed by atoms with Crippen molar-refractivity contribution in [2.75, 3.05) is 26.4 Å². The smallest absolute Gasteiger partial charge is 0.463 e. The molecule has 1 aliphatic carbocycles. The van der Waals surface area contributed by atoms with E-state index in [1.54, 1.807) is 0 Å². The number of esters is 1. The molecule has 1 rings (SSSR count). The molecule has 0 radical (unpaired) electrons. The van der Waals surface area contributed by atoms with E-state index in [0.717, 1.165) is 31.1 Å². The van der Waals surface area contributed by atoms with Crippen LogP contribution in [-0.4, -0.2) is 64.8 Å². The molecule has 0 amide bonds. The first-order valence-corrected chi connectivity index (χ1v) is 15.0. The van der Waals surface area contributed by atoms with E-state index in [1.165, 1.54) is 70.6 Å². The van der Waals surface area contributed by atoms with Crippen LogP contribution in [0.2, 0.25) is 0 Å². The van der Waals surface area contributed by atoms with E-state index < -0.39 is 45.8 Å². The highest BCUT2D eigenvalue weighted by molar-refractivity contribution is 7.47. The van der Waals surface area contributed by atoms with Crippen molar-refractivity contribution in [3.05, 3.63) is 0 Å². The van der Waals surface area contributed by atoms with Gasteiger partial charge in [0.15, 0.2) is 0 Å². The van der Waals surface area contributed by atoms with Crippen molar-refractivity contribution in [1.82, 2.24) is 0 Å². The zero-order chi connectivity index (χ0) is 25.9. The minimum absolute atomic E-state index is 0.273. The van der Waals surface area contributed by atoms with Gasteiger partial charge in [-0.3, -0.25) is 13.8 Å². The van der Waals surface area contributed by atoms with Gasteiger partial charge in [-0.15, -0.1) is 0 Å². The molecule has 35 heavy (non-hydrogen) atoms. The molecule has 1 saturated carbocycles. The molecule has 10 heteroatoms. The van der Waals surface area contributed by atoms with Crippen molar-refractivity contribution in [2.45, 2.75) is 115 Å². The van der Waals surface area contributed by atoms with E-state index in [-0.39, 0.29) is 13.0 Å². The molecule has 0 saturated heterocycles. The summed E-state index contributed by atoms with van der Waals surface area (Å²) in [5, 5.41) is 27.5. The van der Waals surface area contributed by atoms with Gasteiger partial charge in [0, 0.05) is 6.42 Å². The number of aliphatic hydroxyl groups is 3. The molecule has 0 aromatic heterocycles. The minimum Gasteiger partial charge on any atom is -0.463 e. The number of hydrogen-bond acceptors (Lipinski definition) is 8. The molecule has 5 atom stereocenters. The van der Waals surface area contributed by atoms with Gasteiger partial charge in [0.05, 0.1) is 19.8 Å². The summed E-state index contributed by atoms with van der Waals surface area (Å²) in [4.78, 5) is 21.2. The van der Waals surface area contributed by atoms with E-state index in [1.807, 2.05) is 0 Å². The molecule has 0 aromatic carbocycles. The van der Waals surface area contributed by atoms with Crippen molar-refractivity contribution < 1.29 is 43.4 Å². The summed E-state index contributed by atoms with van der Waals surface area (Å²) in [6.07, 6.45) is 15.4. The molecule has 0 heterocycles. The Labute approximate surface area is 211 Å². The fraction of sp³-hybridized carbons (Fsp3) is 0.960. The highest BCUT2D eigenvalue weighted by atomic mass is 31.2. The number of phosphoric ester groups is 1. The topological polar surface area (TPSA) is 143 Å². The molecule has 0 bridgehead atoms. The molecule has 9 nitrogen and oxygen atoms in total. The summed E-state index contributed by atoms with van der Waals surface area (Å²) in [7, 11) is -4.48. The Balaban J connectivity index is 1.89. The summed E-state index contributed by atoms with van der Waals surface area (Å²) in [6.45, 7) is 0.126. The Bertz CT molecular complexity index is 589. The van der Waals surface area contributed by atoms with Crippen LogP contribution in [0.3, 0.4) is 0 Å². The average Bonchev–Trinajstić information content (AvgIpc) is 3.59. The lowest BCUT2D eigenvalue weighted by Crippen LogP contribution is -2.24. The first-order chi connectivity index (χ1) is 16.8. The first-order valence-electron chi connectivity index (χ1n) is 13.5. The van der Waals surface area contributed by atoms with E-state index in [4.69, 9.17) is 14.9 Å². The third kappa shape index (κ3) is 18.4. The minimum atomic E-state index is -4.48. The maximum absolute atomic E-state index is 11.8. The van der Waals surface area contributed by atoms with Crippen LogP contribution >= 0.6 is 7.82 Å². The number of ether oxygens (including phenoxy) is 1. The van der Waals surface area contributed by atoms with Crippen LogP contribution in [0, 0.1) is 11.8 Å². The molecule has 4 N–H and O–H groups in total. The number of unbranched alkanes of at least 4 members (excludes halogenated alkanes) is 9.